The second kappa shape index (κ2) is 8.04. The van der Waals surface area contributed by atoms with Gasteiger partial charge in [0.2, 0.25) is 11.8 Å². The van der Waals surface area contributed by atoms with Gasteiger partial charge in [-0.3, -0.25) is 4.98 Å². The predicted molar refractivity (Wildman–Crippen MR) is 99.3 cm³/mol. The highest BCUT2D eigenvalue weighted by Gasteiger charge is 2.37. The molecule has 0 radical (unpaired) electrons. The average Bonchev–Trinajstić information content (AvgIpc) is 2.69. The van der Waals surface area contributed by atoms with E-state index in [2.05, 4.69) is 20.3 Å². The van der Waals surface area contributed by atoms with E-state index >= 15 is 0 Å². The Morgan fingerprint density at radius 2 is 1.86 bits per heavy atom. The molecule has 1 aliphatic rings. The first-order valence-corrected chi connectivity index (χ1v) is 8.92. The second-order valence-electron chi connectivity index (χ2n) is 6.45. The van der Waals surface area contributed by atoms with E-state index < -0.39 is 23.7 Å². The molecular formula is C20H17F3N4O2. The average molecular weight is 402 g/mol. The van der Waals surface area contributed by atoms with Gasteiger partial charge in [0, 0.05) is 24.5 Å². The summed E-state index contributed by atoms with van der Waals surface area (Å²) in [6.07, 6.45) is -2.58. The quantitative estimate of drug-likeness (QED) is 0.674. The van der Waals surface area contributed by atoms with Crippen molar-refractivity contribution in [3.05, 3.63) is 66.0 Å². The fourth-order valence-corrected chi connectivity index (χ4v) is 2.68. The van der Waals surface area contributed by atoms with E-state index in [4.69, 9.17) is 9.47 Å². The van der Waals surface area contributed by atoms with Gasteiger partial charge >= 0.3 is 6.18 Å². The van der Waals surface area contributed by atoms with Crippen LogP contribution in [0, 0.1) is 0 Å². The number of hydrogen-bond acceptors (Lipinski definition) is 6. The largest absolute Gasteiger partial charge is 0.469 e. The monoisotopic (exact) mass is 402 g/mol. The van der Waals surface area contributed by atoms with Crippen molar-refractivity contribution in [3.8, 4) is 17.1 Å². The third kappa shape index (κ3) is 4.62. The third-order valence-corrected chi connectivity index (χ3v) is 4.31. The van der Waals surface area contributed by atoms with Gasteiger partial charge in [-0.1, -0.05) is 30.3 Å². The van der Waals surface area contributed by atoms with Crippen LogP contribution in [0.1, 0.15) is 11.1 Å². The molecule has 1 aliphatic heterocycles. The molecule has 9 heteroatoms. The highest BCUT2D eigenvalue weighted by molar-refractivity contribution is 5.59. The van der Waals surface area contributed by atoms with E-state index in [0.717, 1.165) is 23.0 Å². The summed E-state index contributed by atoms with van der Waals surface area (Å²) in [5.74, 6) is -0.434. The minimum Gasteiger partial charge on any atom is -0.469 e. The summed E-state index contributed by atoms with van der Waals surface area (Å²) in [7, 11) is 0. The first-order chi connectivity index (χ1) is 14.0. The summed E-state index contributed by atoms with van der Waals surface area (Å²) in [5.41, 5.74) is 1.75. The zero-order valence-electron chi connectivity index (χ0n) is 15.2. The number of anilines is 1. The summed E-state index contributed by atoms with van der Waals surface area (Å²) in [4.78, 5) is 12.0. The van der Waals surface area contributed by atoms with Gasteiger partial charge in [0.25, 0.3) is 0 Å². The highest BCUT2D eigenvalue weighted by atomic mass is 19.4. The number of benzene rings is 1. The minimum atomic E-state index is -4.60. The SMILES string of the molecule is FC(F)(F)c1cnc(NCc2ccc(-c3ccccn3)cc2)nc1OC1COC1. The molecule has 0 amide bonds. The molecule has 0 atom stereocenters. The summed E-state index contributed by atoms with van der Waals surface area (Å²) in [5, 5.41) is 2.93. The van der Waals surface area contributed by atoms with Crippen LogP contribution in [-0.2, 0) is 17.5 Å². The van der Waals surface area contributed by atoms with Crippen LogP contribution in [0.15, 0.2) is 54.9 Å². The number of pyridine rings is 1. The molecule has 1 aromatic carbocycles. The first kappa shape index (κ1) is 19.1. The van der Waals surface area contributed by atoms with Crippen molar-refractivity contribution in [1.82, 2.24) is 15.0 Å². The third-order valence-electron chi connectivity index (χ3n) is 4.31. The van der Waals surface area contributed by atoms with Crippen molar-refractivity contribution in [1.29, 1.82) is 0 Å². The molecule has 4 rings (SSSR count). The van der Waals surface area contributed by atoms with Gasteiger partial charge in [0.1, 0.15) is 11.7 Å². The van der Waals surface area contributed by atoms with Crippen LogP contribution < -0.4 is 10.1 Å². The minimum absolute atomic E-state index is 0.0574. The number of alkyl halides is 3. The first-order valence-electron chi connectivity index (χ1n) is 8.92. The second-order valence-corrected chi connectivity index (χ2v) is 6.45. The van der Waals surface area contributed by atoms with Crippen molar-refractivity contribution in [2.24, 2.45) is 0 Å². The maximum atomic E-state index is 13.2. The zero-order valence-corrected chi connectivity index (χ0v) is 15.2. The zero-order chi connectivity index (χ0) is 20.3. The lowest BCUT2D eigenvalue weighted by atomic mass is 10.1. The Morgan fingerprint density at radius 1 is 1.07 bits per heavy atom. The Hall–Kier alpha value is -3.20. The normalized spacial score (nSPS) is 14.3. The van der Waals surface area contributed by atoms with Crippen LogP contribution in [0.5, 0.6) is 5.88 Å². The van der Waals surface area contributed by atoms with Crippen LogP contribution >= 0.6 is 0 Å². The Labute approximate surface area is 164 Å². The van der Waals surface area contributed by atoms with Gasteiger partial charge in [-0.2, -0.15) is 18.2 Å². The molecule has 0 spiro atoms. The summed E-state index contributed by atoms with van der Waals surface area (Å²) >= 11 is 0. The molecule has 3 aromatic rings. The Bertz CT molecular complexity index is 962. The fraction of sp³-hybridized carbons (Fsp3) is 0.250. The highest BCUT2D eigenvalue weighted by Crippen LogP contribution is 2.35. The molecule has 0 aliphatic carbocycles. The Kier molecular flexibility index (Phi) is 5.30. The number of nitrogens with zero attached hydrogens (tertiary/aromatic N) is 3. The van der Waals surface area contributed by atoms with Gasteiger partial charge in [-0.15, -0.1) is 0 Å². The van der Waals surface area contributed by atoms with E-state index in [1.807, 2.05) is 42.5 Å². The number of rotatable bonds is 6. The van der Waals surface area contributed by atoms with Crippen molar-refractivity contribution < 1.29 is 22.6 Å². The molecule has 0 saturated carbocycles. The fourth-order valence-electron chi connectivity index (χ4n) is 2.68. The number of nitrogens with one attached hydrogen (secondary N) is 1. The van der Waals surface area contributed by atoms with Gasteiger partial charge in [-0.05, 0) is 17.7 Å². The lowest BCUT2D eigenvalue weighted by molar-refractivity contribution is -0.142. The van der Waals surface area contributed by atoms with E-state index in [0.29, 0.717) is 6.54 Å². The lowest BCUT2D eigenvalue weighted by Gasteiger charge is -2.27. The predicted octanol–water partition coefficient (Wildman–Crippen LogP) is 3.95. The van der Waals surface area contributed by atoms with E-state index in [1.54, 1.807) is 6.20 Å². The van der Waals surface area contributed by atoms with Crippen LogP contribution in [0.4, 0.5) is 19.1 Å². The number of ether oxygens (including phenoxy) is 2. The van der Waals surface area contributed by atoms with Gasteiger partial charge < -0.3 is 14.8 Å². The van der Waals surface area contributed by atoms with Crippen LogP contribution in [0.2, 0.25) is 0 Å². The van der Waals surface area contributed by atoms with Crippen LogP contribution in [0.25, 0.3) is 11.3 Å². The van der Waals surface area contributed by atoms with Gasteiger partial charge in [0.05, 0.1) is 18.9 Å². The lowest BCUT2D eigenvalue weighted by Crippen LogP contribution is -2.39. The van der Waals surface area contributed by atoms with Gasteiger partial charge in [-0.25, -0.2) is 4.98 Å². The number of hydrogen-bond donors (Lipinski definition) is 1. The number of aromatic nitrogens is 3. The summed E-state index contributed by atoms with van der Waals surface area (Å²) < 4.78 is 49.8. The van der Waals surface area contributed by atoms with Crippen molar-refractivity contribution in [2.75, 3.05) is 18.5 Å². The van der Waals surface area contributed by atoms with Crippen molar-refractivity contribution >= 4 is 5.95 Å². The topological polar surface area (TPSA) is 69.2 Å². The van der Waals surface area contributed by atoms with Crippen LogP contribution in [0.3, 0.4) is 0 Å². The smallest absolute Gasteiger partial charge is 0.423 e. The molecule has 29 heavy (non-hydrogen) atoms. The molecule has 2 aromatic heterocycles. The number of halogens is 3. The summed E-state index contributed by atoms with van der Waals surface area (Å²) in [6, 6.07) is 13.3. The summed E-state index contributed by atoms with van der Waals surface area (Å²) in [6.45, 7) is 0.833. The molecule has 0 bridgehead atoms. The maximum absolute atomic E-state index is 13.2. The van der Waals surface area contributed by atoms with E-state index in [9.17, 15) is 13.2 Å². The molecule has 1 fully saturated rings. The Morgan fingerprint density at radius 3 is 2.48 bits per heavy atom. The Balaban J connectivity index is 1.45. The van der Waals surface area contributed by atoms with Crippen LogP contribution in [-0.4, -0.2) is 34.3 Å². The molecule has 150 valence electrons. The molecular weight excluding hydrogens is 385 g/mol. The van der Waals surface area contributed by atoms with E-state index in [1.165, 1.54) is 0 Å². The van der Waals surface area contributed by atoms with E-state index in [-0.39, 0.29) is 19.2 Å². The van der Waals surface area contributed by atoms with Crippen molar-refractivity contribution in [3.63, 3.8) is 0 Å². The standard InChI is InChI=1S/C20H17F3N4O2/c21-20(22,23)16-10-26-19(27-18(16)29-15-11-28-12-15)25-9-13-4-6-14(7-5-13)17-3-1-2-8-24-17/h1-8,10,15H,9,11-12H2,(H,25,26,27). The van der Waals surface area contributed by atoms with Gasteiger partial charge in [0.15, 0.2) is 0 Å². The molecule has 6 nitrogen and oxygen atoms in total. The molecule has 3 heterocycles. The molecule has 1 N–H and O–H groups in total. The molecule has 0 unspecified atom stereocenters. The van der Waals surface area contributed by atoms with Crippen molar-refractivity contribution in [2.45, 2.75) is 18.8 Å². The molecule has 1 saturated heterocycles. The maximum Gasteiger partial charge on any atom is 0.423 e.